The fourth-order valence-corrected chi connectivity index (χ4v) is 5.09. The first kappa shape index (κ1) is 21.7. The van der Waals surface area contributed by atoms with Gasteiger partial charge in [0, 0.05) is 24.7 Å². The van der Waals surface area contributed by atoms with Gasteiger partial charge in [-0.3, -0.25) is 4.79 Å². The molecule has 2 rings (SSSR count). The van der Waals surface area contributed by atoms with Crippen molar-refractivity contribution in [2.75, 3.05) is 20.2 Å². The van der Waals surface area contributed by atoms with Crippen molar-refractivity contribution < 1.29 is 17.9 Å². The molecule has 1 fully saturated rings. The van der Waals surface area contributed by atoms with Crippen molar-refractivity contribution in [3.8, 4) is 5.75 Å². The number of likely N-dealkylation sites (tertiary alicyclic amines) is 1. The average Bonchev–Trinajstić information content (AvgIpc) is 2.85. The van der Waals surface area contributed by atoms with Crippen LogP contribution in [0.5, 0.6) is 5.75 Å². The first-order chi connectivity index (χ1) is 12.8. The predicted octanol–water partition coefficient (Wildman–Crippen LogP) is 3.42. The minimum absolute atomic E-state index is 0.00299. The largest absolute Gasteiger partial charge is 0.495 e. The van der Waals surface area contributed by atoms with Gasteiger partial charge in [0.15, 0.2) is 0 Å². The van der Waals surface area contributed by atoms with Gasteiger partial charge in [0.1, 0.15) is 10.6 Å². The van der Waals surface area contributed by atoms with E-state index in [1.165, 1.54) is 26.0 Å². The summed E-state index contributed by atoms with van der Waals surface area (Å²) in [6.07, 6.45) is 5.52. The molecule has 1 saturated heterocycles. The van der Waals surface area contributed by atoms with Gasteiger partial charge in [-0.2, -0.15) is 0 Å². The summed E-state index contributed by atoms with van der Waals surface area (Å²) >= 11 is 0. The smallest absolute Gasteiger partial charge is 0.253 e. The first-order valence-electron chi connectivity index (χ1n) is 9.78. The van der Waals surface area contributed by atoms with Crippen LogP contribution in [0.1, 0.15) is 63.2 Å². The molecule has 0 spiro atoms. The van der Waals surface area contributed by atoms with E-state index >= 15 is 0 Å². The summed E-state index contributed by atoms with van der Waals surface area (Å²) in [4.78, 5) is 14.8. The first-order valence-corrected chi connectivity index (χ1v) is 11.3. The van der Waals surface area contributed by atoms with Gasteiger partial charge in [0.25, 0.3) is 5.91 Å². The molecule has 27 heavy (non-hydrogen) atoms. The number of carbonyl (C=O) groups is 1. The number of nitrogens with one attached hydrogen (secondary N) is 1. The molecule has 0 aromatic heterocycles. The van der Waals surface area contributed by atoms with E-state index in [9.17, 15) is 13.2 Å². The molecule has 1 aromatic rings. The zero-order chi connectivity index (χ0) is 20.0. The Labute approximate surface area is 163 Å². The number of rotatable bonds is 7. The normalized spacial score (nSPS) is 18.4. The zero-order valence-corrected chi connectivity index (χ0v) is 17.6. The summed E-state index contributed by atoms with van der Waals surface area (Å²) in [5.41, 5.74) is 0.383. The highest BCUT2D eigenvalue weighted by molar-refractivity contribution is 7.89. The number of amides is 1. The maximum absolute atomic E-state index is 13.0. The Kier molecular flexibility index (Phi) is 7.68. The number of sulfonamides is 1. The molecule has 0 bridgehead atoms. The van der Waals surface area contributed by atoms with Crippen molar-refractivity contribution in [2.45, 2.75) is 63.8 Å². The molecule has 1 unspecified atom stereocenters. The van der Waals surface area contributed by atoms with Crippen LogP contribution in [0.2, 0.25) is 0 Å². The number of methoxy groups -OCH3 is 1. The lowest BCUT2D eigenvalue weighted by Crippen LogP contribution is -2.33. The topological polar surface area (TPSA) is 75.7 Å². The Morgan fingerprint density at radius 3 is 2.67 bits per heavy atom. The van der Waals surface area contributed by atoms with Crippen LogP contribution in [0.3, 0.4) is 0 Å². The van der Waals surface area contributed by atoms with Crippen LogP contribution in [0.4, 0.5) is 0 Å². The summed E-state index contributed by atoms with van der Waals surface area (Å²) in [6, 6.07) is 4.38. The van der Waals surface area contributed by atoms with E-state index in [4.69, 9.17) is 4.74 Å². The van der Waals surface area contributed by atoms with Gasteiger partial charge in [0.2, 0.25) is 10.0 Å². The van der Waals surface area contributed by atoms with E-state index in [2.05, 4.69) is 11.6 Å². The van der Waals surface area contributed by atoms with E-state index in [0.29, 0.717) is 11.5 Å². The highest BCUT2D eigenvalue weighted by atomic mass is 32.2. The lowest BCUT2D eigenvalue weighted by molar-refractivity contribution is 0.0759. The molecule has 1 aliphatic rings. The van der Waals surface area contributed by atoms with Crippen molar-refractivity contribution in [3.63, 3.8) is 0 Å². The molecule has 1 amide bonds. The molecule has 1 aliphatic heterocycles. The molecule has 6 nitrogen and oxygen atoms in total. The van der Waals surface area contributed by atoms with Crippen molar-refractivity contribution >= 4 is 15.9 Å². The van der Waals surface area contributed by atoms with Crippen molar-refractivity contribution in [1.29, 1.82) is 0 Å². The molecule has 0 radical (unpaired) electrons. The Balaban J connectivity index is 2.25. The number of nitrogens with zero attached hydrogens (tertiary/aromatic N) is 1. The third-order valence-corrected chi connectivity index (χ3v) is 6.60. The van der Waals surface area contributed by atoms with Crippen LogP contribution >= 0.6 is 0 Å². The monoisotopic (exact) mass is 396 g/mol. The van der Waals surface area contributed by atoms with E-state index in [1.807, 2.05) is 4.90 Å². The fraction of sp³-hybridized carbons (Fsp3) is 0.650. The summed E-state index contributed by atoms with van der Waals surface area (Å²) in [6.45, 7) is 7.14. The van der Waals surface area contributed by atoms with Crippen LogP contribution in [0.15, 0.2) is 23.1 Å². The van der Waals surface area contributed by atoms with Crippen LogP contribution < -0.4 is 9.46 Å². The van der Waals surface area contributed by atoms with Crippen molar-refractivity contribution in [2.24, 2.45) is 5.92 Å². The summed E-state index contributed by atoms with van der Waals surface area (Å²) < 4.78 is 33.0. The summed E-state index contributed by atoms with van der Waals surface area (Å²) in [7, 11) is -2.33. The average molecular weight is 397 g/mol. The number of benzene rings is 1. The van der Waals surface area contributed by atoms with Gasteiger partial charge in [-0.1, -0.05) is 19.8 Å². The second kappa shape index (κ2) is 9.55. The number of hydrogen-bond acceptors (Lipinski definition) is 4. The molecule has 152 valence electrons. The molecule has 1 heterocycles. The SMILES string of the molecule is CCCC1CCCN(C(=O)c2ccc(OC)c(S(=O)(=O)NC(C)C)c2)CC1. The van der Waals surface area contributed by atoms with E-state index in [0.717, 1.165) is 32.4 Å². The highest BCUT2D eigenvalue weighted by Crippen LogP contribution is 2.27. The number of carbonyl (C=O) groups excluding carboxylic acids is 1. The summed E-state index contributed by atoms with van der Waals surface area (Å²) in [5, 5.41) is 0. The quantitative estimate of drug-likeness (QED) is 0.766. The maximum Gasteiger partial charge on any atom is 0.253 e. The van der Waals surface area contributed by atoms with E-state index < -0.39 is 10.0 Å². The molecule has 1 atom stereocenters. The van der Waals surface area contributed by atoms with Gasteiger partial charge >= 0.3 is 0 Å². The molecular weight excluding hydrogens is 364 g/mol. The minimum atomic E-state index is -3.76. The maximum atomic E-state index is 13.0. The number of hydrogen-bond donors (Lipinski definition) is 1. The molecule has 7 heteroatoms. The molecule has 1 N–H and O–H groups in total. The number of ether oxygens (including phenoxy) is 1. The third-order valence-electron chi connectivity index (χ3n) is 4.92. The molecule has 0 aliphatic carbocycles. The fourth-order valence-electron chi connectivity index (χ4n) is 3.64. The van der Waals surface area contributed by atoms with Gasteiger partial charge in [-0.15, -0.1) is 0 Å². The zero-order valence-electron chi connectivity index (χ0n) is 16.8. The van der Waals surface area contributed by atoms with E-state index in [-0.39, 0.29) is 22.6 Å². The lowest BCUT2D eigenvalue weighted by Gasteiger charge is -2.21. The van der Waals surface area contributed by atoms with E-state index in [1.54, 1.807) is 26.0 Å². The van der Waals surface area contributed by atoms with Crippen molar-refractivity contribution in [3.05, 3.63) is 23.8 Å². The Hall–Kier alpha value is -1.60. The third kappa shape index (κ3) is 5.69. The Morgan fingerprint density at radius 1 is 1.30 bits per heavy atom. The lowest BCUT2D eigenvalue weighted by atomic mass is 9.96. The van der Waals surface area contributed by atoms with Gasteiger partial charge < -0.3 is 9.64 Å². The Morgan fingerprint density at radius 2 is 2.04 bits per heavy atom. The van der Waals surface area contributed by atoms with Crippen LogP contribution in [-0.4, -0.2) is 45.5 Å². The summed E-state index contributed by atoms with van der Waals surface area (Å²) in [5.74, 6) is 0.796. The predicted molar refractivity (Wildman–Crippen MR) is 107 cm³/mol. The van der Waals surface area contributed by atoms with Gasteiger partial charge in [0.05, 0.1) is 7.11 Å². The van der Waals surface area contributed by atoms with Crippen LogP contribution in [0, 0.1) is 5.92 Å². The second-order valence-electron chi connectivity index (χ2n) is 7.52. The molecular formula is C20H32N2O4S. The van der Waals surface area contributed by atoms with Gasteiger partial charge in [-0.25, -0.2) is 13.1 Å². The van der Waals surface area contributed by atoms with Crippen molar-refractivity contribution in [1.82, 2.24) is 9.62 Å². The van der Waals surface area contributed by atoms with Crippen LogP contribution in [-0.2, 0) is 10.0 Å². The second-order valence-corrected chi connectivity index (χ2v) is 9.20. The van der Waals surface area contributed by atoms with Crippen LogP contribution in [0.25, 0.3) is 0 Å². The minimum Gasteiger partial charge on any atom is -0.495 e. The standard InChI is InChI=1S/C20H32N2O4S/c1-5-7-16-8-6-12-22(13-11-16)20(23)17-9-10-18(26-4)19(14-17)27(24,25)21-15(2)3/h9-10,14-16,21H,5-8,11-13H2,1-4H3. The highest BCUT2D eigenvalue weighted by Gasteiger charge is 2.25. The molecule has 0 saturated carbocycles. The van der Waals surface area contributed by atoms with Gasteiger partial charge in [-0.05, 0) is 57.2 Å². The Bertz CT molecular complexity index is 746. The molecule has 1 aromatic carbocycles.